The average Bonchev–Trinajstić information content (AvgIpc) is 3.36. The summed E-state index contributed by atoms with van der Waals surface area (Å²) in [5.74, 6) is 1.45. The van der Waals surface area contributed by atoms with Crippen LogP contribution in [0.4, 0.5) is 5.82 Å². The van der Waals surface area contributed by atoms with E-state index in [0.717, 1.165) is 14.9 Å². The van der Waals surface area contributed by atoms with Crippen LogP contribution in [0.5, 0.6) is 5.75 Å². The Morgan fingerprint density at radius 1 is 1.16 bits per heavy atom. The molecule has 0 unspecified atom stereocenters. The summed E-state index contributed by atoms with van der Waals surface area (Å²) in [5.41, 5.74) is 0.931. The summed E-state index contributed by atoms with van der Waals surface area (Å²) in [7, 11) is 0. The number of carbonyl (C=O) groups excluding carboxylic acids is 1. The largest absolute Gasteiger partial charge is 0.486 e. The number of ether oxygens (including phenoxy) is 1. The molecule has 4 aromatic rings. The number of nitrogens with zero attached hydrogens (tertiary/aromatic N) is 2. The van der Waals surface area contributed by atoms with Gasteiger partial charge in [-0.1, -0.05) is 29.8 Å². The molecule has 6 nitrogen and oxygen atoms in total. The molecule has 1 amide bonds. The molecule has 0 aliphatic heterocycles. The van der Waals surface area contributed by atoms with E-state index in [0.29, 0.717) is 27.6 Å². The van der Waals surface area contributed by atoms with Crippen molar-refractivity contribution in [2.45, 2.75) is 13.2 Å². The number of anilines is 1. The van der Waals surface area contributed by atoms with E-state index in [2.05, 4.69) is 48.9 Å². The standard InChI is InChI=1S/C22H16BrClIN3O3/c23-18-12-28(11-14-3-1-2-4-19(14)24)27-21(18)26-22(29)20-10-9-17(31-20)13-30-16-7-5-15(25)6-8-16/h1-10,12H,11,13H2,(H,26,27,29). The molecule has 2 heterocycles. The minimum absolute atomic E-state index is 0.175. The molecule has 0 saturated heterocycles. The average molecular weight is 613 g/mol. The first kappa shape index (κ1) is 21.9. The summed E-state index contributed by atoms with van der Waals surface area (Å²) in [6, 6.07) is 18.6. The number of carbonyl (C=O) groups is 1. The van der Waals surface area contributed by atoms with Gasteiger partial charge in [0, 0.05) is 14.8 Å². The van der Waals surface area contributed by atoms with Crippen LogP contribution in [0.3, 0.4) is 0 Å². The Morgan fingerprint density at radius 2 is 1.94 bits per heavy atom. The first-order chi connectivity index (χ1) is 15.0. The third kappa shape index (κ3) is 5.69. The lowest BCUT2D eigenvalue weighted by Gasteiger charge is -2.04. The van der Waals surface area contributed by atoms with Crippen molar-refractivity contribution < 1.29 is 13.9 Å². The highest BCUT2D eigenvalue weighted by molar-refractivity contribution is 14.1. The van der Waals surface area contributed by atoms with Gasteiger partial charge in [-0.25, -0.2) is 0 Å². The van der Waals surface area contributed by atoms with Gasteiger partial charge in [-0.2, -0.15) is 5.10 Å². The van der Waals surface area contributed by atoms with Crippen molar-refractivity contribution in [2.75, 3.05) is 5.32 Å². The highest BCUT2D eigenvalue weighted by atomic mass is 127. The number of rotatable bonds is 7. The summed E-state index contributed by atoms with van der Waals surface area (Å²) in [4.78, 5) is 12.6. The van der Waals surface area contributed by atoms with Crippen LogP contribution in [0, 0.1) is 3.57 Å². The second-order valence-electron chi connectivity index (χ2n) is 6.58. The number of aromatic nitrogens is 2. The van der Waals surface area contributed by atoms with Crippen LogP contribution >= 0.6 is 50.1 Å². The summed E-state index contributed by atoms with van der Waals surface area (Å²) in [6.45, 7) is 0.707. The first-order valence-corrected chi connectivity index (χ1v) is 11.5. The molecule has 0 fully saturated rings. The van der Waals surface area contributed by atoms with Crippen molar-refractivity contribution in [2.24, 2.45) is 0 Å². The summed E-state index contributed by atoms with van der Waals surface area (Å²) >= 11 is 11.9. The number of furan rings is 1. The number of amides is 1. The van der Waals surface area contributed by atoms with Crippen molar-refractivity contribution in [1.82, 2.24) is 9.78 Å². The third-order valence-electron chi connectivity index (χ3n) is 4.32. The van der Waals surface area contributed by atoms with E-state index in [4.69, 9.17) is 20.8 Å². The number of halogens is 3. The number of benzene rings is 2. The highest BCUT2D eigenvalue weighted by Gasteiger charge is 2.16. The third-order valence-corrected chi connectivity index (χ3v) is 5.99. The molecular weight excluding hydrogens is 597 g/mol. The van der Waals surface area contributed by atoms with E-state index in [-0.39, 0.29) is 12.4 Å². The fourth-order valence-electron chi connectivity index (χ4n) is 2.80. The molecular formula is C22H16BrClIN3O3. The summed E-state index contributed by atoms with van der Waals surface area (Å²) in [5, 5.41) is 7.83. The zero-order valence-electron chi connectivity index (χ0n) is 16.0. The monoisotopic (exact) mass is 611 g/mol. The minimum Gasteiger partial charge on any atom is -0.486 e. The van der Waals surface area contributed by atoms with E-state index >= 15 is 0 Å². The second kappa shape index (κ2) is 9.88. The lowest BCUT2D eigenvalue weighted by molar-refractivity contribution is 0.0992. The Hall–Kier alpha value is -2.30. The van der Waals surface area contributed by atoms with E-state index < -0.39 is 5.91 Å². The molecule has 1 N–H and O–H groups in total. The number of nitrogens with one attached hydrogen (secondary N) is 1. The van der Waals surface area contributed by atoms with Crippen LogP contribution in [0.15, 0.2) is 75.8 Å². The van der Waals surface area contributed by atoms with E-state index in [1.807, 2.05) is 48.5 Å². The van der Waals surface area contributed by atoms with Crippen LogP contribution < -0.4 is 10.1 Å². The first-order valence-electron chi connectivity index (χ1n) is 9.23. The van der Waals surface area contributed by atoms with Gasteiger partial charge in [-0.15, -0.1) is 0 Å². The van der Waals surface area contributed by atoms with Crippen molar-refractivity contribution in [3.05, 3.63) is 97.0 Å². The van der Waals surface area contributed by atoms with Crippen molar-refractivity contribution in [3.8, 4) is 5.75 Å². The smallest absolute Gasteiger partial charge is 0.292 e. The van der Waals surface area contributed by atoms with Gasteiger partial charge in [0.1, 0.15) is 18.1 Å². The Morgan fingerprint density at radius 3 is 2.71 bits per heavy atom. The molecule has 2 aromatic heterocycles. The molecule has 0 aliphatic carbocycles. The van der Waals surface area contributed by atoms with E-state index in [9.17, 15) is 4.79 Å². The maximum absolute atomic E-state index is 12.6. The van der Waals surface area contributed by atoms with Gasteiger partial charge in [0.2, 0.25) is 0 Å². The SMILES string of the molecule is O=C(Nc1nn(Cc2ccccc2Cl)cc1Br)c1ccc(COc2ccc(I)cc2)o1. The topological polar surface area (TPSA) is 69.3 Å². The minimum atomic E-state index is -0.399. The van der Waals surface area contributed by atoms with Crippen molar-refractivity contribution in [3.63, 3.8) is 0 Å². The Kier molecular flexibility index (Phi) is 6.99. The predicted octanol–water partition coefficient (Wildman–Crippen LogP) is 6.38. The van der Waals surface area contributed by atoms with Gasteiger partial charge in [-0.05, 0) is 86.5 Å². The van der Waals surface area contributed by atoms with Crippen LogP contribution in [-0.2, 0) is 13.2 Å². The lowest BCUT2D eigenvalue weighted by atomic mass is 10.2. The maximum Gasteiger partial charge on any atom is 0.292 e. The fraction of sp³-hybridized carbons (Fsp3) is 0.0909. The second-order valence-corrected chi connectivity index (χ2v) is 9.08. The number of hydrogen-bond donors (Lipinski definition) is 1. The van der Waals surface area contributed by atoms with Crippen molar-refractivity contribution in [1.29, 1.82) is 0 Å². The van der Waals surface area contributed by atoms with Gasteiger partial charge < -0.3 is 14.5 Å². The molecule has 0 bridgehead atoms. The van der Waals surface area contributed by atoms with E-state index in [1.165, 1.54) is 0 Å². The summed E-state index contributed by atoms with van der Waals surface area (Å²) < 4.78 is 14.8. The molecule has 2 aromatic carbocycles. The van der Waals surface area contributed by atoms with Crippen LogP contribution in [0.1, 0.15) is 21.9 Å². The molecule has 9 heteroatoms. The molecule has 0 spiro atoms. The van der Waals surface area contributed by atoms with Crippen molar-refractivity contribution >= 4 is 61.8 Å². The molecule has 0 aliphatic rings. The molecule has 4 rings (SSSR count). The highest BCUT2D eigenvalue weighted by Crippen LogP contribution is 2.24. The van der Waals surface area contributed by atoms with Crippen LogP contribution in [0.25, 0.3) is 0 Å². The Balaban J connectivity index is 1.38. The fourth-order valence-corrected chi connectivity index (χ4v) is 3.77. The van der Waals surface area contributed by atoms with Gasteiger partial charge >= 0.3 is 0 Å². The zero-order valence-corrected chi connectivity index (χ0v) is 20.5. The molecule has 31 heavy (non-hydrogen) atoms. The maximum atomic E-state index is 12.6. The molecule has 0 atom stereocenters. The quantitative estimate of drug-likeness (QED) is 0.246. The Bertz CT molecular complexity index is 1210. The molecule has 0 radical (unpaired) electrons. The van der Waals surface area contributed by atoms with Gasteiger partial charge in [0.15, 0.2) is 11.6 Å². The molecule has 0 saturated carbocycles. The van der Waals surface area contributed by atoms with E-state index in [1.54, 1.807) is 23.0 Å². The summed E-state index contributed by atoms with van der Waals surface area (Å²) in [6.07, 6.45) is 1.78. The zero-order chi connectivity index (χ0) is 21.8. The van der Waals surface area contributed by atoms with Gasteiger partial charge in [0.25, 0.3) is 5.91 Å². The lowest BCUT2D eigenvalue weighted by Crippen LogP contribution is -2.12. The number of hydrogen-bond acceptors (Lipinski definition) is 4. The van der Waals surface area contributed by atoms with Crippen LogP contribution in [0.2, 0.25) is 5.02 Å². The Labute approximate surface area is 205 Å². The van der Waals surface area contributed by atoms with Gasteiger partial charge in [0.05, 0.1) is 11.0 Å². The normalized spacial score (nSPS) is 10.8. The molecule has 158 valence electrons. The van der Waals surface area contributed by atoms with Crippen LogP contribution in [-0.4, -0.2) is 15.7 Å². The van der Waals surface area contributed by atoms with Gasteiger partial charge in [-0.3, -0.25) is 9.48 Å². The predicted molar refractivity (Wildman–Crippen MR) is 131 cm³/mol.